The number of nitrogens with one attached hydrogen (secondary N) is 1. The number of amides is 3. The predicted molar refractivity (Wildman–Crippen MR) is 223 cm³/mol. The van der Waals surface area contributed by atoms with Gasteiger partial charge in [-0.05, 0) is 44.4 Å². The molecular weight excluding hydrogens is 882 g/mol. The van der Waals surface area contributed by atoms with Crippen molar-refractivity contribution in [1.29, 1.82) is 0 Å². The highest BCUT2D eigenvalue weighted by Gasteiger charge is 2.46. The smallest absolute Gasteiger partial charge is 0.222 e. The first-order chi connectivity index (χ1) is 31.4. The summed E-state index contributed by atoms with van der Waals surface area (Å²) in [5.41, 5.74) is -0.783. The SMILES string of the molecule is CCC(=O)CCCCC(=O)N1CCC(CCC(=O)N(CCO[C@H]2O[C@H](CO)[C@@H](O)[C@H](O)[C@@H]2O)CCO[C@H]2O[C@H](CO)[C@@H](O)[C@H](O)[C@@H]2O)(CC(=O)NCCO[C@@H]2O[C@@H](C)[C@@H](O)[C@@H](O)[C@@H]2O)CC1. The Morgan fingerprint density at radius 1 is 0.652 bits per heavy atom. The molecule has 15 atom stereocenters. The normalized spacial score (nSPS) is 34.7. The quantitative estimate of drug-likeness (QED) is 0.0380. The molecule has 4 heterocycles. The fourth-order valence-corrected chi connectivity index (χ4v) is 8.46. The van der Waals surface area contributed by atoms with Gasteiger partial charge in [-0.1, -0.05) is 6.92 Å². The van der Waals surface area contributed by atoms with Crippen molar-refractivity contribution in [2.24, 2.45) is 5.41 Å². The summed E-state index contributed by atoms with van der Waals surface area (Å²) in [4.78, 5) is 55.6. The van der Waals surface area contributed by atoms with E-state index in [0.29, 0.717) is 51.6 Å². The van der Waals surface area contributed by atoms with Crippen molar-refractivity contribution in [2.45, 2.75) is 170 Å². The summed E-state index contributed by atoms with van der Waals surface area (Å²) >= 11 is 0. The maximum Gasteiger partial charge on any atom is 0.222 e. The summed E-state index contributed by atoms with van der Waals surface area (Å²) in [6.07, 6.45) is -19.1. The molecule has 4 aliphatic rings. The van der Waals surface area contributed by atoms with Crippen molar-refractivity contribution in [3.05, 3.63) is 0 Å². The van der Waals surface area contributed by atoms with Crippen LogP contribution in [0.4, 0.5) is 0 Å². The van der Waals surface area contributed by atoms with Crippen LogP contribution >= 0.6 is 0 Å². The third-order valence-corrected chi connectivity index (χ3v) is 12.9. The molecule has 0 saturated carbocycles. The van der Waals surface area contributed by atoms with Crippen LogP contribution in [0.25, 0.3) is 0 Å². The van der Waals surface area contributed by atoms with Gasteiger partial charge in [-0.3, -0.25) is 19.2 Å². The first-order valence-electron chi connectivity index (χ1n) is 22.9. The van der Waals surface area contributed by atoms with Gasteiger partial charge < -0.3 is 99.7 Å². The topological polar surface area (TPSA) is 365 Å². The lowest BCUT2D eigenvalue weighted by atomic mass is 9.72. The number of hydrogen-bond acceptors (Lipinski definition) is 21. The maximum atomic E-state index is 14.1. The molecule has 0 aromatic carbocycles. The van der Waals surface area contributed by atoms with Gasteiger partial charge in [-0.15, -0.1) is 0 Å². The number of unbranched alkanes of at least 4 members (excludes halogenated alkanes) is 1. The molecule has 0 spiro atoms. The van der Waals surface area contributed by atoms with Gasteiger partial charge in [0.1, 0.15) is 72.9 Å². The summed E-state index contributed by atoms with van der Waals surface area (Å²) in [7, 11) is 0. The number of rotatable bonds is 25. The van der Waals surface area contributed by atoms with Crippen molar-refractivity contribution in [3.8, 4) is 0 Å². The predicted octanol–water partition coefficient (Wildman–Crippen LogP) is -5.27. The van der Waals surface area contributed by atoms with Crippen LogP contribution in [0.1, 0.15) is 78.1 Å². The van der Waals surface area contributed by atoms with Crippen molar-refractivity contribution in [3.63, 3.8) is 0 Å². The van der Waals surface area contributed by atoms with Gasteiger partial charge in [-0.2, -0.15) is 0 Å². The third kappa shape index (κ3) is 15.5. The highest BCUT2D eigenvalue weighted by molar-refractivity contribution is 5.79. The van der Waals surface area contributed by atoms with E-state index in [4.69, 9.17) is 28.4 Å². The molecule has 0 aliphatic carbocycles. The number of ether oxygens (including phenoxy) is 6. The number of ketones is 1. The Bertz CT molecular complexity index is 1460. The summed E-state index contributed by atoms with van der Waals surface area (Å²) in [6, 6.07) is 0. The van der Waals surface area contributed by atoms with Crippen LogP contribution in [0.2, 0.25) is 0 Å². The number of aliphatic hydroxyl groups excluding tert-OH is 11. The summed E-state index contributed by atoms with van der Waals surface area (Å²) in [5, 5.41) is 114. The van der Waals surface area contributed by atoms with Crippen molar-refractivity contribution < 1.29 is 104 Å². The molecule has 12 N–H and O–H groups in total. The average Bonchev–Trinajstić information content (AvgIpc) is 3.31. The minimum Gasteiger partial charge on any atom is -0.394 e. The molecule has 382 valence electrons. The average molecular weight is 956 g/mol. The fraction of sp³-hybridized carbons (Fsp3) is 0.905. The van der Waals surface area contributed by atoms with E-state index in [0.717, 1.165) is 0 Å². The highest BCUT2D eigenvalue weighted by Crippen LogP contribution is 2.40. The minimum atomic E-state index is -1.71. The monoisotopic (exact) mass is 955 g/mol. The van der Waals surface area contributed by atoms with E-state index in [-0.39, 0.29) is 76.8 Å². The Labute approximate surface area is 383 Å². The van der Waals surface area contributed by atoms with Crippen LogP contribution in [-0.4, -0.2) is 247 Å². The van der Waals surface area contributed by atoms with Crippen LogP contribution in [0.5, 0.6) is 0 Å². The van der Waals surface area contributed by atoms with Gasteiger partial charge in [0.15, 0.2) is 18.9 Å². The number of carbonyl (C=O) groups excluding carboxylic acids is 4. The van der Waals surface area contributed by atoms with E-state index in [1.165, 1.54) is 11.8 Å². The Kier molecular flexibility index (Phi) is 22.9. The highest BCUT2D eigenvalue weighted by atomic mass is 16.7. The number of Topliss-reactive ketones (excluding diaryl/α,β-unsaturated/α-hetero) is 1. The molecule has 24 nitrogen and oxygen atoms in total. The number of carbonyl (C=O) groups is 4. The molecule has 66 heavy (non-hydrogen) atoms. The zero-order valence-electron chi connectivity index (χ0n) is 37.7. The number of piperidine rings is 1. The Morgan fingerprint density at radius 3 is 1.65 bits per heavy atom. The molecular formula is C42H73N3O21. The van der Waals surface area contributed by atoms with Gasteiger partial charge in [0, 0.05) is 64.8 Å². The molecule has 0 radical (unpaired) electrons. The first kappa shape index (κ1) is 56.0. The molecule has 0 aromatic rings. The third-order valence-electron chi connectivity index (χ3n) is 12.9. The van der Waals surface area contributed by atoms with Crippen LogP contribution < -0.4 is 5.32 Å². The van der Waals surface area contributed by atoms with Crippen LogP contribution in [0.15, 0.2) is 0 Å². The van der Waals surface area contributed by atoms with Gasteiger partial charge in [-0.25, -0.2) is 0 Å². The second kappa shape index (κ2) is 27.0. The molecule has 24 heteroatoms. The summed E-state index contributed by atoms with van der Waals surface area (Å²) in [5.74, 6) is -0.808. The van der Waals surface area contributed by atoms with Gasteiger partial charge in [0.25, 0.3) is 0 Å². The van der Waals surface area contributed by atoms with Crippen molar-refractivity contribution in [1.82, 2.24) is 15.1 Å². The number of hydrogen-bond donors (Lipinski definition) is 12. The number of likely N-dealkylation sites (tertiary alicyclic amines) is 1. The van der Waals surface area contributed by atoms with E-state index >= 15 is 0 Å². The zero-order chi connectivity index (χ0) is 48.7. The first-order valence-corrected chi connectivity index (χ1v) is 22.9. The van der Waals surface area contributed by atoms with Gasteiger partial charge >= 0.3 is 0 Å². The molecule has 3 amide bonds. The number of aliphatic hydroxyl groups is 11. The lowest BCUT2D eigenvalue weighted by Crippen LogP contribution is -2.59. The molecule has 0 unspecified atom stereocenters. The summed E-state index contributed by atoms with van der Waals surface area (Å²) in [6.45, 7) is 1.43. The van der Waals surface area contributed by atoms with E-state index in [2.05, 4.69) is 5.32 Å². The largest absolute Gasteiger partial charge is 0.394 e. The molecule has 4 rings (SSSR count). The second-order valence-electron chi connectivity index (χ2n) is 17.6. The zero-order valence-corrected chi connectivity index (χ0v) is 37.7. The van der Waals surface area contributed by atoms with Gasteiger partial charge in [0.05, 0.1) is 39.1 Å². The van der Waals surface area contributed by atoms with Crippen molar-refractivity contribution in [2.75, 3.05) is 65.8 Å². The van der Waals surface area contributed by atoms with Crippen LogP contribution in [0.3, 0.4) is 0 Å². The van der Waals surface area contributed by atoms with Crippen molar-refractivity contribution >= 4 is 23.5 Å². The summed E-state index contributed by atoms with van der Waals surface area (Å²) < 4.78 is 33.1. The van der Waals surface area contributed by atoms with Crippen LogP contribution in [-0.2, 0) is 47.6 Å². The second-order valence-corrected chi connectivity index (χ2v) is 17.6. The molecule has 4 fully saturated rings. The molecule has 4 saturated heterocycles. The number of nitrogens with zero attached hydrogens (tertiary/aromatic N) is 2. The molecule has 4 aliphatic heterocycles. The Morgan fingerprint density at radius 2 is 1.14 bits per heavy atom. The Hall–Kier alpha value is -2.60. The maximum absolute atomic E-state index is 14.1. The van der Waals surface area contributed by atoms with E-state index in [9.17, 15) is 75.3 Å². The standard InChI is InChI=1S/C42H73N3O21/c1-3-24(48)6-4-5-7-28(50)44-13-10-42(11-14-44,20-27(49)43-12-17-61-39-36(58)33(55)30(52)23(2)64-39)9-8-29(51)45(15-18-62-40-37(59)34(56)31(53)25(21-46)65-40)16-19-63-41-38(60)35(57)32(54)26(22-47)66-41/h23,25-26,30-41,46-47,52-60H,3-22H2,1-2H3,(H,43,49)/t23-,25+,26+,30+,31+,32+,33+,34-,35-,36-,37-,38-,39+,40-,41-/m0/s1. The van der Waals surface area contributed by atoms with Gasteiger partial charge in [0.2, 0.25) is 17.7 Å². The van der Waals surface area contributed by atoms with E-state index < -0.39 is 123 Å². The van der Waals surface area contributed by atoms with E-state index in [1.54, 1.807) is 11.8 Å². The van der Waals surface area contributed by atoms with Crippen LogP contribution in [0, 0.1) is 5.41 Å². The molecule has 0 bridgehead atoms. The Balaban J connectivity index is 1.42. The minimum absolute atomic E-state index is 0.0186. The lowest BCUT2D eigenvalue weighted by molar-refractivity contribution is -0.303. The van der Waals surface area contributed by atoms with E-state index in [1.807, 2.05) is 0 Å². The molecule has 0 aromatic heterocycles. The fourth-order valence-electron chi connectivity index (χ4n) is 8.46. The lowest BCUT2D eigenvalue weighted by Gasteiger charge is -2.42.